The van der Waals surface area contributed by atoms with Gasteiger partial charge in [0.05, 0.1) is 14.2 Å². The summed E-state index contributed by atoms with van der Waals surface area (Å²) in [7, 11) is 3.23. The number of hydrogen-bond acceptors (Lipinski definition) is 3. The molecule has 3 aromatic rings. The van der Waals surface area contributed by atoms with Crippen molar-refractivity contribution in [1.82, 2.24) is 5.32 Å². The number of amides is 1. The Morgan fingerprint density at radius 1 is 0.852 bits per heavy atom. The monoisotopic (exact) mass is 361 g/mol. The van der Waals surface area contributed by atoms with Crippen molar-refractivity contribution in [2.24, 2.45) is 0 Å². The van der Waals surface area contributed by atoms with E-state index in [0.29, 0.717) is 30.0 Å². The predicted molar refractivity (Wildman–Crippen MR) is 107 cm³/mol. The zero-order valence-electron chi connectivity index (χ0n) is 15.6. The van der Waals surface area contributed by atoms with Crippen LogP contribution in [-0.2, 0) is 6.42 Å². The van der Waals surface area contributed by atoms with E-state index >= 15 is 0 Å². The van der Waals surface area contributed by atoms with Gasteiger partial charge >= 0.3 is 0 Å². The number of methoxy groups -OCH3 is 2. The second-order valence-corrected chi connectivity index (χ2v) is 6.11. The Morgan fingerprint density at radius 3 is 2.30 bits per heavy atom. The molecule has 0 bridgehead atoms. The molecule has 0 unspecified atom stereocenters. The lowest BCUT2D eigenvalue weighted by Gasteiger charge is -2.12. The molecule has 0 radical (unpaired) electrons. The van der Waals surface area contributed by atoms with Crippen LogP contribution in [0.3, 0.4) is 0 Å². The first-order valence-electron chi connectivity index (χ1n) is 8.86. The maximum absolute atomic E-state index is 12.7. The minimum atomic E-state index is -0.0741. The fraction of sp³-hybridized carbons (Fsp3) is 0.174. The van der Waals surface area contributed by atoms with E-state index < -0.39 is 0 Å². The molecular formula is C23H23NO3. The Morgan fingerprint density at radius 2 is 1.56 bits per heavy atom. The predicted octanol–water partition coefficient (Wildman–Crippen LogP) is 4.34. The van der Waals surface area contributed by atoms with Crippen LogP contribution in [0.5, 0.6) is 11.5 Å². The van der Waals surface area contributed by atoms with Crippen molar-refractivity contribution < 1.29 is 14.3 Å². The van der Waals surface area contributed by atoms with Gasteiger partial charge in [0.1, 0.15) is 0 Å². The summed E-state index contributed by atoms with van der Waals surface area (Å²) < 4.78 is 10.6. The quantitative estimate of drug-likeness (QED) is 0.681. The van der Waals surface area contributed by atoms with E-state index in [4.69, 9.17) is 9.47 Å². The van der Waals surface area contributed by atoms with Crippen LogP contribution in [0.1, 0.15) is 15.9 Å². The molecule has 138 valence electrons. The van der Waals surface area contributed by atoms with E-state index in [9.17, 15) is 4.79 Å². The zero-order valence-corrected chi connectivity index (χ0v) is 15.6. The normalized spacial score (nSPS) is 10.3. The second kappa shape index (κ2) is 8.90. The van der Waals surface area contributed by atoms with Gasteiger partial charge in [-0.3, -0.25) is 4.79 Å². The van der Waals surface area contributed by atoms with E-state index in [1.165, 1.54) is 0 Å². The van der Waals surface area contributed by atoms with Crippen molar-refractivity contribution in [1.29, 1.82) is 0 Å². The molecule has 0 atom stereocenters. The molecule has 0 spiro atoms. The van der Waals surface area contributed by atoms with Crippen LogP contribution < -0.4 is 14.8 Å². The third-order valence-corrected chi connectivity index (χ3v) is 4.40. The molecule has 3 rings (SSSR count). The first-order valence-corrected chi connectivity index (χ1v) is 8.86. The molecule has 3 aromatic carbocycles. The van der Waals surface area contributed by atoms with E-state index in [1.807, 2.05) is 72.8 Å². The summed E-state index contributed by atoms with van der Waals surface area (Å²) in [5, 5.41) is 3.01. The van der Waals surface area contributed by atoms with Gasteiger partial charge in [-0.05, 0) is 41.3 Å². The van der Waals surface area contributed by atoms with Gasteiger partial charge in [-0.1, -0.05) is 54.6 Å². The molecule has 0 aliphatic carbocycles. The van der Waals surface area contributed by atoms with E-state index in [-0.39, 0.29) is 5.91 Å². The SMILES string of the molecule is COc1ccc(CCNC(=O)c2ccccc2-c2ccccc2)cc1OC. The van der Waals surface area contributed by atoms with E-state index in [2.05, 4.69) is 5.32 Å². The standard InChI is InChI=1S/C23H23NO3/c1-26-21-13-12-17(16-22(21)27-2)14-15-24-23(25)20-11-7-6-10-19(20)18-8-4-3-5-9-18/h3-13,16H,14-15H2,1-2H3,(H,24,25). The number of nitrogens with one attached hydrogen (secondary N) is 1. The molecular weight excluding hydrogens is 338 g/mol. The van der Waals surface area contributed by atoms with E-state index in [0.717, 1.165) is 16.7 Å². The molecule has 0 saturated heterocycles. The first kappa shape index (κ1) is 18.5. The van der Waals surface area contributed by atoms with Crippen LogP contribution in [0, 0.1) is 0 Å². The van der Waals surface area contributed by atoms with Gasteiger partial charge in [0.25, 0.3) is 5.91 Å². The highest BCUT2D eigenvalue weighted by molar-refractivity contribution is 6.00. The summed E-state index contributed by atoms with van der Waals surface area (Å²) in [6.45, 7) is 0.539. The number of rotatable bonds is 7. The van der Waals surface area contributed by atoms with Gasteiger partial charge in [0.15, 0.2) is 11.5 Å². The molecule has 1 N–H and O–H groups in total. The average Bonchev–Trinajstić information content (AvgIpc) is 2.74. The molecule has 1 amide bonds. The Bertz CT molecular complexity index is 907. The van der Waals surface area contributed by atoms with Crippen LogP contribution in [0.2, 0.25) is 0 Å². The van der Waals surface area contributed by atoms with Gasteiger partial charge < -0.3 is 14.8 Å². The summed E-state index contributed by atoms with van der Waals surface area (Å²) in [6.07, 6.45) is 0.708. The molecule has 4 heteroatoms. The van der Waals surface area contributed by atoms with Gasteiger partial charge in [0.2, 0.25) is 0 Å². The first-order chi connectivity index (χ1) is 13.2. The number of hydrogen-bond donors (Lipinski definition) is 1. The minimum Gasteiger partial charge on any atom is -0.493 e. The maximum Gasteiger partial charge on any atom is 0.251 e. The summed E-state index contributed by atoms with van der Waals surface area (Å²) >= 11 is 0. The van der Waals surface area contributed by atoms with Gasteiger partial charge in [-0.2, -0.15) is 0 Å². The number of benzene rings is 3. The Balaban J connectivity index is 1.67. The molecule has 27 heavy (non-hydrogen) atoms. The van der Waals surface area contributed by atoms with Crippen molar-refractivity contribution in [2.45, 2.75) is 6.42 Å². The third kappa shape index (κ3) is 4.47. The van der Waals surface area contributed by atoms with Crippen molar-refractivity contribution in [3.05, 3.63) is 83.9 Å². The molecule has 0 aliphatic rings. The summed E-state index contributed by atoms with van der Waals surface area (Å²) in [4.78, 5) is 12.7. The Labute approximate surface area is 159 Å². The second-order valence-electron chi connectivity index (χ2n) is 6.11. The third-order valence-electron chi connectivity index (χ3n) is 4.40. The summed E-state index contributed by atoms with van der Waals surface area (Å²) in [5.41, 5.74) is 3.71. The number of carbonyl (C=O) groups excluding carboxylic acids is 1. The lowest BCUT2D eigenvalue weighted by Crippen LogP contribution is -2.26. The van der Waals surface area contributed by atoms with Crippen molar-refractivity contribution in [2.75, 3.05) is 20.8 Å². The molecule has 0 aliphatic heterocycles. The average molecular weight is 361 g/mol. The van der Waals surface area contributed by atoms with Crippen molar-refractivity contribution in [3.63, 3.8) is 0 Å². The topological polar surface area (TPSA) is 47.6 Å². The Hall–Kier alpha value is -3.27. The highest BCUT2D eigenvalue weighted by atomic mass is 16.5. The lowest BCUT2D eigenvalue weighted by atomic mass is 9.99. The summed E-state index contributed by atoms with van der Waals surface area (Å²) in [6, 6.07) is 23.4. The van der Waals surface area contributed by atoms with Crippen LogP contribution in [-0.4, -0.2) is 26.7 Å². The fourth-order valence-electron chi connectivity index (χ4n) is 3.00. The molecule has 0 heterocycles. The number of ether oxygens (including phenoxy) is 2. The molecule has 0 saturated carbocycles. The molecule has 4 nitrogen and oxygen atoms in total. The number of carbonyl (C=O) groups is 1. The summed E-state index contributed by atoms with van der Waals surface area (Å²) in [5.74, 6) is 1.31. The van der Waals surface area contributed by atoms with Gasteiger partial charge in [-0.25, -0.2) is 0 Å². The lowest BCUT2D eigenvalue weighted by molar-refractivity contribution is 0.0955. The molecule has 0 aromatic heterocycles. The zero-order chi connectivity index (χ0) is 19.1. The highest BCUT2D eigenvalue weighted by Crippen LogP contribution is 2.27. The maximum atomic E-state index is 12.7. The minimum absolute atomic E-state index is 0.0741. The smallest absolute Gasteiger partial charge is 0.251 e. The van der Waals surface area contributed by atoms with Crippen LogP contribution >= 0.6 is 0 Å². The van der Waals surface area contributed by atoms with Crippen LogP contribution in [0.4, 0.5) is 0 Å². The van der Waals surface area contributed by atoms with Gasteiger partial charge in [0, 0.05) is 12.1 Å². The van der Waals surface area contributed by atoms with E-state index in [1.54, 1.807) is 14.2 Å². The van der Waals surface area contributed by atoms with Crippen molar-refractivity contribution >= 4 is 5.91 Å². The van der Waals surface area contributed by atoms with Crippen LogP contribution in [0.25, 0.3) is 11.1 Å². The van der Waals surface area contributed by atoms with Crippen LogP contribution in [0.15, 0.2) is 72.8 Å². The Kier molecular flexibility index (Phi) is 6.10. The fourth-order valence-corrected chi connectivity index (χ4v) is 3.00. The highest BCUT2D eigenvalue weighted by Gasteiger charge is 2.12. The van der Waals surface area contributed by atoms with Gasteiger partial charge in [-0.15, -0.1) is 0 Å². The molecule has 0 fully saturated rings. The van der Waals surface area contributed by atoms with Crippen molar-refractivity contribution in [3.8, 4) is 22.6 Å². The largest absolute Gasteiger partial charge is 0.493 e.